The van der Waals surface area contributed by atoms with E-state index in [0.29, 0.717) is 0 Å². The summed E-state index contributed by atoms with van der Waals surface area (Å²) in [6.45, 7) is 4.09. The third-order valence-electron chi connectivity index (χ3n) is 4.56. The molecule has 1 saturated carbocycles. The van der Waals surface area contributed by atoms with Crippen LogP contribution in [0.2, 0.25) is 0 Å². The van der Waals surface area contributed by atoms with E-state index in [-0.39, 0.29) is 11.2 Å². The Morgan fingerprint density at radius 3 is 2.37 bits per heavy atom. The number of ketones is 1. The number of carbonyl (C=O) groups excluding carboxylic acids is 1. The van der Waals surface area contributed by atoms with Crippen molar-refractivity contribution in [2.45, 2.75) is 51.9 Å². The van der Waals surface area contributed by atoms with Crippen LogP contribution >= 0.6 is 0 Å². The lowest BCUT2D eigenvalue weighted by Crippen LogP contribution is -2.31. The normalized spacial score (nSPS) is 18.8. The van der Waals surface area contributed by atoms with E-state index in [0.717, 1.165) is 43.2 Å². The van der Waals surface area contributed by atoms with Gasteiger partial charge in [-0.25, -0.2) is 0 Å². The average Bonchev–Trinajstić information content (AvgIpc) is 2.91. The lowest BCUT2D eigenvalue weighted by atomic mass is 9.73. The predicted molar refractivity (Wildman–Crippen MR) is 75.7 cm³/mol. The van der Waals surface area contributed by atoms with Gasteiger partial charge in [-0.1, -0.05) is 49.6 Å². The molecule has 1 atom stereocenters. The van der Waals surface area contributed by atoms with Gasteiger partial charge in [0.05, 0.1) is 6.07 Å². The number of rotatable bonds is 4. The van der Waals surface area contributed by atoms with Crippen molar-refractivity contribution in [2.24, 2.45) is 5.41 Å². The molecule has 2 rings (SSSR count). The number of hydrogen-bond acceptors (Lipinski definition) is 2. The van der Waals surface area contributed by atoms with Crippen LogP contribution in [0, 0.1) is 23.7 Å². The highest BCUT2D eigenvalue weighted by atomic mass is 16.1. The van der Waals surface area contributed by atoms with Crippen LogP contribution in [0.4, 0.5) is 0 Å². The number of Topliss-reactive ketones (excluding diaryl/α,β-unsaturated/α-hetero) is 1. The molecule has 0 aliphatic heterocycles. The molecule has 0 bridgehead atoms. The molecule has 100 valence electrons. The van der Waals surface area contributed by atoms with Gasteiger partial charge in [0.2, 0.25) is 0 Å². The Kier molecular flexibility index (Phi) is 4.04. The standard InChI is InChI=1S/C17H21NO/c1-3-17(10-4-5-11-17)16(19)15(12-18)14-8-6-13(2)7-9-14/h6-9,15H,3-5,10-11H2,1-2H3. The Hall–Kier alpha value is -1.62. The first-order valence-corrected chi connectivity index (χ1v) is 7.13. The first kappa shape index (κ1) is 13.8. The van der Waals surface area contributed by atoms with E-state index in [1.54, 1.807) is 0 Å². The summed E-state index contributed by atoms with van der Waals surface area (Å²) in [5, 5.41) is 9.42. The minimum Gasteiger partial charge on any atom is -0.297 e. The molecule has 0 aromatic heterocycles. The lowest BCUT2D eigenvalue weighted by molar-refractivity contribution is -0.129. The van der Waals surface area contributed by atoms with Gasteiger partial charge in [-0.3, -0.25) is 4.79 Å². The highest BCUT2D eigenvalue weighted by Gasteiger charge is 2.42. The molecule has 0 heterocycles. The van der Waals surface area contributed by atoms with Crippen molar-refractivity contribution >= 4 is 5.78 Å². The fourth-order valence-electron chi connectivity index (χ4n) is 3.18. The Morgan fingerprint density at radius 2 is 1.89 bits per heavy atom. The van der Waals surface area contributed by atoms with Crippen molar-refractivity contribution in [3.8, 4) is 6.07 Å². The SMILES string of the molecule is CCC1(C(=O)C(C#N)c2ccc(C)cc2)CCCC1. The molecule has 0 spiro atoms. The predicted octanol–water partition coefficient (Wildman–Crippen LogP) is 4.14. The zero-order valence-electron chi connectivity index (χ0n) is 11.8. The van der Waals surface area contributed by atoms with Gasteiger partial charge in [-0.2, -0.15) is 5.26 Å². The van der Waals surface area contributed by atoms with Crippen LogP contribution in [0.25, 0.3) is 0 Å². The van der Waals surface area contributed by atoms with E-state index < -0.39 is 5.92 Å². The number of carbonyl (C=O) groups is 1. The third-order valence-corrected chi connectivity index (χ3v) is 4.56. The summed E-state index contributed by atoms with van der Waals surface area (Å²) >= 11 is 0. The van der Waals surface area contributed by atoms with E-state index in [2.05, 4.69) is 13.0 Å². The lowest BCUT2D eigenvalue weighted by Gasteiger charge is -2.28. The molecule has 1 aliphatic rings. The molecule has 0 N–H and O–H groups in total. The molecule has 1 aromatic rings. The van der Waals surface area contributed by atoms with Crippen molar-refractivity contribution in [3.05, 3.63) is 35.4 Å². The van der Waals surface area contributed by atoms with Gasteiger partial charge >= 0.3 is 0 Å². The minimum absolute atomic E-state index is 0.138. The summed E-state index contributed by atoms with van der Waals surface area (Å²) in [6, 6.07) is 10.0. The van der Waals surface area contributed by atoms with Crippen molar-refractivity contribution in [1.29, 1.82) is 5.26 Å². The van der Waals surface area contributed by atoms with Crippen LogP contribution in [-0.2, 0) is 4.79 Å². The topological polar surface area (TPSA) is 40.9 Å². The van der Waals surface area contributed by atoms with E-state index in [1.807, 2.05) is 31.2 Å². The van der Waals surface area contributed by atoms with Crippen molar-refractivity contribution in [2.75, 3.05) is 0 Å². The number of nitriles is 1. The summed E-state index contributed by atoms with van der Waals surface area (Å²) in [5.41, 5.74) is 1.75. The van der Waals surface area contributed by atoms with Gasteiger partial charge < -0.3 is 0 Å². The summed E-state index contributed by atoms with van der Waals surface area (Å²) < 4.78 is 0. The fourth-order valence-corrected chi connectivity index (χ4v) is 3.18. The molecule has 1 aliphatic carbocycles. The van der Waals surface area contributed by atoms with Gasteiger partial charge in [0, 0.05) is 5.41 Å². The number of nitrogens with zero attached hydrogens (tertiary/aromatic N) is 1. The van der Waals surface area contributed by atoms with Crippen molar-refractivity contribution in [3.63, 3.8) is 0 Å². The Bertz CT molecular complexity index is 489. The van der Waals surface area contributed by atoms with Gasteiger partial charge in [0.25, 0.3) is 0 Å². The van der Waals surface area contributed by atoms with Gasteiger partial charge in [-0.15, -0.1) is 0 Å². The number of benzene rings is 1. The zero-order chi connectivity index (χ0) is 13.9. The number of aryl methyl sites for hydroxylation is 1. The van der Waals surface area contributed by atoms with Crippen LogP contribution in [0.3, 0.4) is 0 Å². The molecular weight excluding hydrogens is 234 g/mol. The Balaban J connectivity index is 2.29. The molecule has 19 heavy (non-hydrogen) atoms. The zero-order valence-corrected chi connectivity index (χ0v) is 11.8. The second kappa shape index (κ2) is 5.57. The van der Waals surface area contributed by atoms with Gasteiger partial charge in [0.1, 0.15) is 5.92 Å². The van der Waals surface area contributed by atoms with Crippen LogP contribution in [0.1, 0.15) is 56.1 Å². The largest absolute Gasteiger partial charge is 0.297 e. The molecular formula is C17H21NO. The average molecular weight is 255 g/mol. The second-order valence-electron chi connectivity index (χ2n) is 5.68. The summed E-state index contributed by atoms with van der Waals surface area (Å²) in [5.74, 6) is -0.461. The quantitative estimate of drug-likeness (QED) is 0.811. The first-order chi connectivity index (χ1) is 9.13. The second-order valence-corrected chi connectivity index (χ2v) is 5.68. The summed E-state index contributed by atoms with van der Waals surface area (Å²) in [4.78, 5) is 12.8. The molecule has 2 nitrogen and oxygen atoms in total. The molecule has 1 unspecified atom stereocenters. The van der Waals surface area contributed by atoms with E-state index in [9.17, 15) is 10.1 Å². The van der Waals surface area contributed by atoms with E-state index >= 15 is 0 Å². The monoisotopic (exact) mass is 255 g/mol. The molecule has 0 amide bonds. The summed E-state index contributed by atoms with van der Waals surface area (Å²) in [6.07, 6.45) is 4.99. The van der Waals surface area contributed by atoms with Gasteiger partial charge in [0.15, 0.2) is 5.78 Å². The maximum absolute atomic E-state index is 12.8. The van der Waals surface area contributed by atoms with Crippen LogP contribution in [0.15, 0.2) is 24.3 Å². The minimum atomic E-state index is -0.598. The van der Waals surface area contributed by atoms with E-state index in [1.165, 1.54) is 0 Å². The maximum Gasteiger partial charge on any atom is 0.160 e. The van der Waals surface area contributed by atoms with Crippen LogP contribution < -0.4 is 0 Å². The smallest absolute Gasteiger partial charge is 0.160 e. The molecule has 0 saturated heterocycles. The van der Waals surface area contributed by atoms with Crippen molar-refractivity contribution < 1.29 is 4.79 Å². The molecule has 2 heteroatoms. The van der Waals surface area contributed by atoms with Crippen molar-refractivity contribution in [1.82, 2.24) is 0 Å². The Morgan fingerprint density at radius 1 is 1.32 bits per heavy atom. The van der Waals surface area contributed by atoms with Crippen LogP contribution in [0.5, 0.6) is 0 Å². The third kappa shape index (κ3) is 2.56. The van der Waals surface area contributed by atoms with Gasteiger partial charge in [-0.05, 0) is 31.7 Å². The Labute approximate surface area is 115 Å². The highest BCUT2D eigenvalue weighted by molar-refractivity contribution is 5.93. The van der Waals surface area contributed by atoms with Crippen LogP contribution in [-0.4, -0.2) is 5.78 Å². The molecule has 1 aromatic carbocycles. The fraction of sp³-hybridized carbons (Fsp3) is 0.529. The highest BCUT2D eigenvalue weighted by Crippen LogP contribution is 2.44. The summed E-state index contributed by atoms with van der Waals surface area (Å²) in [7, 11) is 0. The molecule has 0 radical (unpaired) electrons. The van der Waals surface area contributed by atoms with E-state index in [4.69, 9.17) is 0 Å². The number of hydrogen-bond donors (Lipinski definition) is 0. The maximum atomic E-state index is 12.8. The molecule has 1 fully saturated rings. The first-order valence-electron chi connectivity index (χ1n) is 7.13.